The van der Waals surface area contributed by atoms with Gasteiger partial charge in [-0.3, -0.25) is 9.78 Å². The average Bonchev–Trinajstić information content (AvgIpc) is 3.42. The van der Waals surface area contributed by atoms with Crippen molar-refractivity contribution in [3.63, 3.8) is 0 Å². The highest BCUT2D eigenvalue weighted by Gasteiger charge is 2.35. The number of hydrogen-bond donors (Lipinski definition) is 3. The fourth-order valence-corrected chi connectivity index (χ4v) is 5.19. The number of aromatic carboxylic acids is 1. The summed E-state index contributed by atoms with van der Waals surface area (Å²) in [5, 5.41) is 17.7. The van der Waals surface area contributed by atoms with Gasteiger partial charge in [0.1, 0.15) is 11.6 Å². The van der Waals surface area contributed by atoms with Gasteiger partial charge in [-0.2, -0.15) is 0 Å². The monoisotopic (exact) mass is 548 g/mol. The van der Waals surface area contributed by atoms with Crippen molar-refractivity contribution in [1.82, 2.24) is 15.3 Å². The minimum atomic E-state index is -1.21. The summed E-state index contributed by atoms with van der Waals surface area (Å²) < 4.78 is 26.2. The van der Waals surface area contributed by atoms with E-state index in [1.165, 1.54) is 29.7 Å². The van der Waals surface area contributed by atoms with Gasteiger partial charge in [-0.05, 0) is 66.9 Å². The number of carboxylic acids is 1. The summed E-state index contributed by atoms with van der Waals surface area (Å²) in [7, 11) is 1.56. The lowest BCUT2D eigenvalue weighted by Gasteiger charge is -2.37. The van der Waals surface area contributed by atoms with Crippen LogP contribution in [0.15, 0.2) is 60.2 Å². The van der Waals surface area contributed by atoms with E-state index < -0.39 is 17.3 Å². The first-order valence-corrected chi connectivity index (χ1v) is 13.0. The topological polar surface area (TPSA) is 123 Å². The molecule has 0 saturated heterocycles. The molecule has 0 radical (unpaired) electrons. The minimum absolute atomic E-state index is 0.141. The van der Waals surface area contributed by atoms with E-state index in [-0.39, 0.29) is 23.5 Å². The summed E-state index contributed by atoms with van der Waals surface area (Å²) in [4.78, 5) is 32.3. The summed E-state index contributed by atoms with van der Waals surface area (Å²) in [5.74, 6) is -0.676. The quantitative estimate of drug-likeness (QED) is 0.274. The number of anilines is 1. The molecule has 0 fully saturated rings. The molecule has 3 N–H and O–H groups in total. The highest BCUT2D eigenvalue weighted by molar-refractivity contribution is 7.13. The molecule has 1 aliphatic heterocycles. The number of carboxylic acid groups (broad SMARTS) is 1. The fraction of sp³-hybridized carbons (Fsp3) is 0.214. The number of nitrogens with zero attached hydrogens (tertiary/aromatic N) is 2. The zero-order valence-electron chi connectivity index (χ0n) is 21.2. The number of methoxy groups -OCH3 is 1. The van der Waals surface area contributed by atoms with Gasteiger partial charge in [-0.15, -0.1) is 11.3 Å². The summed E-state index contributed by atoms with van der Waals surface area (Å²) in [6.07, 6.45) is 4.04. The Morgan fingerprint density at radius 2 is 2.03 bits per heavy atom. The molecule has 0 aliphatic carbocycles. The minimum Gasteiger partial charge on any atom is -0.493 e. The van der Waals surface area contributed by atoms with Crippen LogP contribution >= 0.6 is 11.3 Å². The Morgan fingerprint density at radius 1 is 1.18 bits per heavy atom. The highest BCUT2D eigenvalue weighted by atomic mass is 32.1. The number of pyridine rings is 1. The first kappa shape index (κ1) is 26.3. The number of benzene rings is 2. The van der Waals surface area contributed by atoms with E-state index in [1.807, 2.05) is 19.1 Å². The third kappa shape index (κ3) is 5.59. The van der Waals surface area contributed by atoms with Gasteiger partial charge in [0.25, 0.3) is 0 Å². The van der Waals surface area contributed by atoms with Gasteiger partial charge >= 0.3 is 5.97 Å². The number of nitrogens with one attached hydrogen (secondary N) is 2. The van der Waals surface area contributed by atoms with Gasteiger partial charge < -0.3 is 25.2 Å². The van der Waals surface area contributed by atoms with Crippen molar-refractivity contribution in [3.05, 3.63) is 82.7 Å². The first-order chi connectivity index (χ1) is 18.8. The second-order valence-electron chi connectivity index (χ2n) is 9.21. The van der Waals surface area contributed by atoms with E-state index in [4.69, 9.17) is 14.6 Å². The second-order valence-corrected chi connectivity index (χ2v) is 10.1. The van der Waals surface area contributed by atoms with Gasteiger partial charge in [-0.1, -0.05) is 0 Å². The van der Waals surface area contributed by atoms with Crippen LogP contribution in [-0.2, 0) is 16.8 Å². The Morgan fingerprint density at radius 3 is 2.69 bits per heavy atom. The van der Waals surface area contributed by atoms with Crippen molar-refractivity contribution >= 4 is 28.3 Å². The van der Waals surface area contributed by atoms with Gasteiger partial charge in [0.2, 0.25) is 5.91 Å². The zero-order chi connectivity index (χ0) is 27.6. The highest BCUT2D eigenvalue weighted by Crippen LogP contribution is 2.41. The smallest absolute Gasteiger partial charge is 0.335 e. The summed E-state index contributed by atoms with van der Waals surface area (Å²) in [5.41, 5.74) is 1.69. The number of carbonyl (C=O) groups excluding carboxylic acids is 1. The lowest BCUT2D eigenvalue weighted by molar-refractivity contribution is -0.117. The molecule has 9 nitrogen and oxygen atoms in total. The SMILES string of the molecule is COc1cc2c(cc1Oc1ccc(-c3ccc(C(=O)O)cc3F)nc1)C(C)(CC(=O)Nc1nccs1)NCC2. The molecule has 3 heterocycles. The number of hydrogen-bond acceptors (Lipinski definition) is 8. The maximum absolute atomic E-state index is 14.5. The van der Waals surface area contributed by atoms with Crippen LogP contribution in [0, 0.1) is 5.82 Å². The van der Waals surface area contributed by atoms with Crippen LogP contribution in [-0.4, -0.2) is 40.6 Å². The Hall–Kier alpha value is -4.35. The Labute approximate surface area is 227 Å². The third-order valence-electron chi connectivity index (χ3n) is 6.54. The maximum Gasteiger partial charge on any atom is 0.335 e. The molecule has 1 unspecified atom stereocenters. The Bertz CT molecular complexity index is 1530. The molecule has 0 bridgehead atoms. The Kier molecular flexibility index (Phi) is 7.27. The average molecular weight is 549 g/mol. The van der Waals surface area contributed by atoms with E-state index in [0.717, 1.165) is 23.6 Å². The molecular weight excluding hydrogens is 523 g/mol. The van der Waals surface area contributed by atoms with E-state index in [1.54, 1.807) is 30.8 Å². The maximum atomic E-state index is 14.5. The molecule has 0 spiro atoms. The van der Waals surface area contributed by atoms with Crippen molar-refractivity contribution in [3.8, 4) is 28.5 Å². The molecular formula is C28H25FN4O5S. The number of aromatic nitrogens is 2. The molecule has 4 aromatic rings. The largest absolute Gasteiger partial charge is 0.493 e. The van der Waals surface area contributed by atoms with Gasteiger partial charge in [0.15, 0.2) is 16.6 Å². The van der Waals surface area contributed by atoms with Gasteiger partial charge in [-0.25, -0.2) is 14.2 Å². The predicted octanol–water partition coefficient (Wildman–Crippen LogP) is 5.23. The number of carbonyl (C=O) groups is 2. The number of thiazole rings is 1. The van der Waals surface area contributed by atoms with E-state index >= 15 is 0 Å². The number of halogens is 1. The molecule has 1 aliphatic rings. The number of amides is 1. The van der Waals surface area contributed by atoms with Crippen LogP contribution in [0.25, 0.3) is 11.3 Å². The van der Waals surface area contributed by atoms with Crippen molar-refractivity contribution < 1.29 is 28.6 Å². The lowest BCUT2D eigenvalue weighted by atomic mass is 9.81. The second kappa shape index (κ2) is 10.8. The molecule has 200 valence electrons. The molecule has 5 rings (SSSR count). The number of fused-ring (bicyclic) bond motifs is 1. The van der Waals surface area contributed by atoms with Crippen LogP contribution in [0.4, 0.5) is 9.52 Å². The number of ether oxygens (including phenoxy) is 2. The molecule has 1 atom stereocenters. The van der Waals surface area contributed by atoms with Crippen LogP contribution in [0.5, 0.6) is 17.2 Å². The summed E-state index contributed by atoms with van der Waals surface area (Å²) in [6.45, 7) is 2.68. The summed E-state index contributed by atoms with van der Waals surface area (Å²) in [6, 6.07) is 10.7. The summed E-state index contributed by atoms with van der Waals surface area (Å²) >= 11 is 1.36. The zero-order valence-corrected chi connectivity index (χ0v) is 22.0. The normalized spacial score (nSPS) is 16.3. The fourth-order valence-electron chi connectivity index (χ4n) is 4.64. The van der Waals surface area contributed by atoms with Crippen LogP contribution < -0.4 is 20.1 Å². The van der Waals surface area contributed by atoms with E-state index in [9.17, 15) is 14.0 Å². The van der Waals surface area contributed by atoms with Gasteiger partial charge in [0.05, 0.1) is 24.6 Å². The standard InChI is InChI=1S/C28H25FN4O5S/c1-28(14-25(34)33-27-30-9-10-39-27)20-13-24(23(37-2)12-16(20)7-8-32-28)38-18-4-6-22(31-15-18)19-5-3-17(26(35)36)11-21(19)29/h3-6,9-13,15,32H,7-8,14H2,1-2H3,(H,35,36)(H,30,33,34). The third-order valence-corrected chi connectivity index (χ3v) is 7.23. The van der Waals surface area contributed by atoms with Crippen molar-refractivity contribution in [2.75, 3.05) is 19.0 Å². The molecule has 1 amide bonds. The van der Waals surface area contributed by atoms with Crippen LogP contribution in [0.1, 0.15) is 34.8 Å². The first-order valence-electron chi connectivity index (χ1n) is 12.1. The Balaban J connectivity index is 1.39. The molecule has 11 heteroatoms. The molecule has 39 heavy (non-hydrogen) atoms. The van der Waals surface area contributed by atoms with Crippen LogP contribution in [0.2, 0.25) is 0 Å². The molecule has 0 saturated carbocycles. The van der Waals surface area contributed by atoms with Gasteiger partial charge in [0, 0.05) is 35.6 Å². The van der Waals surface area contributed by atoms with Crippen LogP contribution in [0.3, 0.4) is 0 Å². The van der Waals surface area contributed by atoms with Crippen molar-refractivity contribution in [1.29, 1.82) is 0 Å². The van der Waals surface area contributed by atoms with Crippen molar-refractivity contribution in [2.24, 2.45) is 0 Å². The lowest BCUT2D eigenvalue weighted by Crippen LogP contribution is -2.47. The number of rotatable bonds is 8. The van der Waals surface area contributed by atoms with E-state index in [0.29, 0.717) is 34.6 Å². The molecule has 2 aromatic heterocycles. The predicted molar refractivity (Wildman–Crippen MR) is 144 cm³/mol. The van der Waals surface area contributed by atoms with E-state index in [2.05, 4.69) is 20.6 Å². The molecule has 2 aromatic carbocycles. The van der Waals surface area contributed by atoms with Crippen molar-refractivity contribution in [2.45, 2.75) is 25.3 Å².